The summed E-state index contributed by atoms with van der Waals surface area (Å²) in [5.74, 6) is 0.628. The Balaban J connectivity index is 1.26. The third-order valence-electron chi connectivity index (χ3n) is 6.10. The third kappa shape index (κ3) is 5.29. The molecule has 0 N–H and O–H groups in total. The van der Waals surface area contributed by atoms with Crippen LogP contribution in [0.2, 0.25) is 0 Å². The van der Waals surface area contributed by atoms with Gasteiger partial charge in [-0.15, -0.1) is 11.8 Å². The first-order chi connectivity index (χ1) is 15.3. The Morgan fingerprint density at radius 3 is 2.53 bits per heavy atom. The monoisotopic (exact) mass is 465 g/mol. The summed E-state index contributed by atoms with van der Waals surface area (Å²) in [7, 11) is 0. The van der Waals surface area contributed by atoms with E-state index in [1.54, 1.807) is 6.07 Å². The van der Waals surface area contributed by atoms with Gasteiger partial charge in [-0.2, -0.15) is 13.2 Å². The maximum absolute atomic E-state index is 13.6. The molecule has 0 spiro atoms. The molecule has 0 atom stereocenters. The zero-order valence-electron chi connectivity index (χ0n) is 18.0. The van der Waals surface area contributed by atoms with Crippen LogP contribution in [0, 0.1) is 5.82 Å². The number of alkyl halides is 3. The fraction of sp³-hybridized carbons (Fsp3) is 0.458. The van der Waals surface area contributed by atoms with E-state index in [2.05, 4.69) is 27.4 Å². The first kappa shape index (κ1) is 23.1. The zero-order valence-corrected chi connectivity index (χ0v) is 18.9. The SMILES string of the molecule is CCc1cc2cc(F)ccc2n1C1CCN(CCCSc2ccc(C(F)(F)F)cn2)CC1. The van der Waals surface area contributed by atoms with Crippen LogP contribution < -0.4 is 0 Å². The fourth-order valence-corrected chi connectivity index (χ4v) is 5.24. The fourth-order valence-electron chi connectivity index (χ4n) is 4.47. The first-order valence-corrected chi connectivity index (χ1v) is 12.0. The molecule has 0 unspecified atom stereocenters. The van der Waals surface area contributed by atoms with E-state index in [9.17, 15) is 17.6 Å². The van der Waals surface area contributed by atoms with Crippen molar-refractivity contribution in [1.82, 2.24) is 14.5 Å². The van der Waals surface area contributed by atoms with Gasteiger partial charge in [-0.25, -0.2) is 9.37 Å². The van der Waals surface area contributed by atoms with Gasteiger partial charge in [0.05, 0.1) is 10.6 Å². The lowest BCUT2D eigenvalue weighted by Gasteiger charge is -2.34. The maximum Gasteiger partial charge on any atom is 0.417 e. The number of likely N-dealkylation sites (tertiary alicyclic amines) is 1. The van der Waals surface area contributed by atoms with Gasteiger partial charge in [0, 0.05) is 47.7 Å². The molecule has 1 saturated heterocycles. The van der Waals surface area contributed by atoms with Crippen LogP contribution in [0.4, 0.5) is 17.6 Å². The predicted octanol–water partition coefficient (Wildman–Crippen LogP) is 6.58. The second-order valence-corrected chi connectivity index (χ2v) is 9.34. The Bertz CT molecular complexity index is 1040. The predicted molar refractivity (Wildman–Crippen MR) is 121 cm³/mol. The van der Waals surface area contributed by atoms with Gasteiger partial charge < -0.3 is 9.47 Å². The Morgan fingerprint density at radius 2 is 1.88 bits per heavy atom. The van der Waals surface area contributed by atoms with Crippen molar-refractivity contribution in [3.8, 4) is 0 Å². The van der Waals surface area contributed by atoms with Crippen LogP contribution in [0.25, 0.3) is 10.9 Å². The standard InChI is InChI=1S/C24H27F4N3S/c1-2-20-15-17-14-19(25)5-6-22(17)31(20)21-8-11-30(12-9-21)10-3-13-32-23-7-4-18(16-29-23)24(26,27)28/h4-7,14-16,21H,2-3,8-13H2,1H3. The number of halogens is 4. The van der Waals surface area contributed by atoms with Gasteiger partial charge in [-0.3, -0.25) is 0 Å². The van der Waals surface area contributed by atoms with Crippen molar-refractivity contribution in [2.24, 2.45) is 0 Å². The number of benzene rings is 1. The minimum absolute atomic E-state index is 0.198. The summed E-state index contributed by atoms with van der Waals surface area (Å²) < 4.78 is 53.9. The van der Waals surface area contributed by atoms with Crippen molar-refractivity contribution in [2.75, 3.05) is 25.4 Å². The van der Waals surface area contributed by atoms with Crippen molar-refractivity contribution in [2.45, 2.75) is 49.9 Å². The lowest BCUT2D eigenvalue weighted by molar-refractivity contribution is -0.137. The minimum Gasteiger partial charge on any atom is -0.341 e. The molecule has 0 amide bonds. The molecule has 32 heavy (non-hydrogen) atoms. The highest BCUT2D eigenvalue weighted by Crippen LogP contribution is 2.32. The maximum atomic E-state index is 13.6. The smallest absolute Gasteiger partial charge is 0.341 e. The van der Waals surface area contributed by atoms with Crippen molar-refractivity contribution in [3.05, 3.63) is 59.7 Å². The normalized spacial score (nSPS) is 16.2. The molecule has 4 rings (SSSR count). The van der Waals surface area contributed by atoms with Gasteiger partial charge in [0.15, 0.2) is 0 Å². The van der Waals surface area contributed by atoms with E-state index in [1.165, 1.54) is 29.6 Å². The topological polar surface area (TPSA) is 21.1 Å². The summed E-state index contributed by atoms with van der Waals surface area (Å²) in [5, 5.41) is 1.60. The lowest BCUT2D eigenvalue weighted by atomic mass is 10.0. The average molecular weight is 466 g/mol. The molecule has 0 radical (unpaired) electrons. The van der Waals surface area contributed by atoms with E-state index in [4.69, 9.17) is 0 Å². The van der Waals surface area contributed by atoms with Crippen molar-refractivity contribution in [1.29, 1.82) is 0 Å². The Kier molecular flexibility index (Phi) is 7.10. The Hall–Kier alpha value is -2.06. The highest BCUT2D eigenvalue weighted by Gasteiger charge is 2.30. The Morgan fingerprint density at radius 1 is 1.09 bits per heavy atom. The molecule has 3 nitrogen and oxygen atoms in total. The van der Waals surface area contributed by atoms with E-state index >= 15 is 0 Å². The molecule has 2 aromatic heterocycles. The van der Waals surface area contributed by atoms with E-state index < -0.39 is 11.7 Å². The number of piperidine rings is 1. The molecule has 0 aliphatic carbocycles. The second-order valence-electron chi connectivity index (χ2n) is 8.22. The molecule has 3 aromatic rings. The molecule has 0 saturated carbocycles. The number of pyridine rings is 1. The summed E-state index contributed by atoms with van der Waals surface area (Å²) in [4.78, 5) is 6.37. The van der Waals surface area contributed by atoms with Crippen LogP contribution in [-0.4, -0.2) is 39.8 Å². The number of hydrogen-bond acceptors (Lipinski definition) is 3. The van der Waals surface area contributed by atoms with Crippen LogP contribution >= 0.6 is 11.8 Å². The van der Waals surface area contributed by atoms with Crippen molar-refractivity contribution in [3.63, 3.8) is 0 Å². The van der Waals surface area contributed by atoms with Gasteiger partial charge in [0.1, 0.15) is 5.82 Å². The molecule has 1 fully saturated rings. The van der Waals surface area contributed by atoms with Gasteiger partial charge in [-0.1, -0.05) is 6.92 Å². The highest BCUT2D eigenvalue weighted by atomic mass is 32.2. The van der Waals surface area contributed by atoms with Gasteiger partial charge in [0.2, 0.25) is 0 Å². The molecule has 3 heterocycles. The molecular weight excluding hydrogens is 438 g/mol. The van der Waals surface area contributed by atoms with Crippen LogP contribution in [0.3, 0.4) is 0 Å². The number of aryl methyl sites for hydroxylation is 1. The second kappa shape index (κ2) is 9.83. The quantitative estimate of drug-likeness (QED) is 0.224. The van der Waals surface area contributed by atoms with E-state index in [-0.39, 0.29) is 5.82 Å². The van der Waals surface area contributed by atoms with Crippen LogP contribution in [0.5, 0.6) is 0 Å². The number of hydrogen-bond donors (Lipinski definition) is 0. The molecule has 172 valence electrons. The summed E-state index contributed by atoms with van der Waals surface area (Å²) in [6.45, 7) is 5.13. The van der Waals surface area contributed by atoms with Crippen LogP contribution in [0.15, 0.2) is 47.6 Å². The zero-order chi connectivity index (χ0) is 22.7. The highest BCUT2D eigenvalue weighted by molar-refractivity contribution is 7.99. The summed E-state index contributed by atoms with van der Waals surface area (Å²) >= 11 is 1.49. The molecule has 1 aromatic carbocycles. The Labute approximate surface area is 189 Å². The summed E-state index contributed by atoms with van der Waals surface area (Å²) in [6, 6.07) is 10.1. The molecule has 1 aliphatic rings. The number of thioether (sulfide) groups is 1. The summed E-state index contributed by atoms with van der Waals surface area (Å²) in [5.41, 5.74) is 1.66. The first-order valence-electron chi connectivity index (χ1n) is 11.0. The third-order valence-corrected chi connectivity index (χ3v) is 7.13. The van der Waals surface area contributed by atoms with Gasteiger partial charge in [-0.05, 0) is 68.6 Å². The number of aromatic nitrogens is 2. The number of fused-ring (bicyclic) bond motifs is 1. The molecule has 1 aliphatic heterocycles. The average Bonchev–Trinajstić information content (AvgIpc) is 3.14. The lowest BCUT2D eigenvalue weighted by Crippen LogP contribution is -2.35. The number of nitrogens with zero attached hydrogens (tertiary/aromatic N) is 3. The van der Waals surface area contributed by atoms with E-state index in [0.717, 1.165) is 74.2 Å². The van der Waals surface area contributed by atoms with Crippen LogP contribution in [0.1, 0.15) is 43.5 Å². The number of rotatable bonds is 7. The molecule has 8 heteroatoms. The van der Waals surface area contributed by atoms with Crippen molar-refractivity contribution < 1.29 is 17.6 Å². The van der Waals surface area contributed by atoms with E-state index in [1.807, 2.05) is 6.07 Å². The van der Waals surface area contributed by atoms with Gasteiger partial charge >= 0.3 is 6.18 Å². The van der Waals surface area contributed by atoms with Gasteiger partial charge in [0.25, 0.3) is 0 Å². The largest absolute Gasteiger partial charge is 0.417 e. The molecular formula is C24H27F4N3S. The van der Waals surface area contributed by atoms with Crippen molar-refractivity contribution >= 4 is 22.7 Å². The summed E-state index contributed by atoms with van der Waals surface area (Å²) in [6.07, 6.45) is 0.555. The molecule has 0 bridgehead atoms. The minimum atomic E-state index is -4.34. The van der Waals surface area contributed by atoms with Crippen LogP contribution in [-0.2, 0) is 12.6 Å². The van der Waals surface area contributed by atoms with E-state index in [0.29, 0.717) is 11.1 Å².